The van der Waals surface area contributed by atoms with Crippen molar-refractivity contribution in [1.82, 2.24) is 10.4 Å². The Morgan fingerprint density at radius 1 is 1.16 bits per heavy atom. The standard InChI is InChI=1S/C22H23F4N5O6/c23-17-9-15(29-12-16(37-22(29)33)11-27-21(32)20(25)26)10-18(24)19(17)28-5-6-30(36-8-7-28)13-1-3-14(4-2-13)31(34)35/h1,3,9-10,16,20H,2,4-8,11-12H2,(H,27,32). The second kappa shape index (κ2) is 11.0. The van der Waals surface area contributed by atoms with Gasteiger partial charge in [-0.3, -0.25) is 29.7 Å². The number of nitro groups is 1. The molecular formula is C22H23F4N5O6. The second-order valence-corrected chi connectivity index (χ2v) is 8.42. The predicted molar refractivity (Wildman–Crippen MR) is 120 cm³/mol. The van der Waals surface area contributed by atoms with Gasteiger partial charge in [0.15, 0.2) is 11.6 Å². The fourth-order valence-corrected chi connectivity index (χ4v) is 4.21. The average molecular weight is 529 g/mol. The lowest BCUT2D eigenvalue weighted by Gasteiger charge is -2.26. The molecule has 1 aromatic rings. The summed E-state index contributed by atoms with van der Waals surface area (Å²) in [6, 6.07) is 1.94. The van der Waals surface area contributed by atoms with E-state index in [0.717, 1.165) is 22.7 Å². The van der Waals surface area contributed by atoms with Crippen LogP contribution in [0.1, 0.15) is 12.8 Å². The quantitative estimate of drug-likeness (QED) is 0.326. The number of allylic oxidation sites excluding steroid dienone is 4. The first kappa shape index (κ1) is 26.2. The van der Waals surface area contributed by atoms with Crippen molar-refractivity contribution in [2.45, 2.75) is 25.4 Å². The minimum Gasteiger partial charge on any atom is -0.442 e. The van der Waals surface area contributed by atoms with Crippen molar-refractivity contribution in [3.63, 3.8) is 0 Å². The van der Waals surface area contributed by atoms with E-state index in [9.17, 15) is 28.5 Å². The summed E-state index contributed by atoms with van der Waals surface area (Å²) in [5, 5.41) is 14.4. The van der Waals surface area contributed by atoms with Crippen LogP contribution in [-0.4, -0.2) is 73.8 Å². The van der Waals surface area contributed by atoms with Crippen molar-refractivity contribution >= 4 is 23.4 Å². The molecule has 37 heavy (non-hydrogen) atoms. The van der Waals surface area contributed by atoms with Crippen LogP contribution in [0.2, 0.25) is 0 Å². The first-order valence-electron chi connectivity index (χ1n) is 11.4. The lowest BCUT2D eigenvalue weighted by atomic mass is 10.1. The maximum Gasteiger partial charge on any atom is 0.414 e. The number of carbonyl (C=O) groups excluding carboxylic acids is 2. The largest absolute Gasteiger partial charge is 0.442 e. The van der Waals surface area contributed by atoms with Gasteiger partial charge in [-0.2, -0.15) is 8.78 Å². The minimum absolute atomic E-state index is 0.0931. The van der Waals surface area contributed by atoms with Crippen LogP contribution >= 0.6 is 0 Å². The number of halogens is 4. The number of hydrogen-bond acceptors (Lipinski definition) is 8. The number of hydrogen-bond donors (Lipinski definition) is 1. The lowest BCUT2D eigenvalue weighted by Crippen LogP contribution is -2.37. The molecule has 200 valence electrons. The van der Waals surface area contributed by atoms with Crippen LogP contribution in [0.5, 0.6) is 0 Å². The van der Waals surface area contributed by atoms with Gasteiger partial charge >= 0.3 is 12.5 Å². The number of ether oxygens (including phenoxy) is 1. The van der Waals surface area contributed by atoms with E-state index in [2.05, 4.69) is 0 Å². The van der Waals surface area contributed by atoms with Gasteiger partial charge in [-0.05, 0) is 12.5 Å². The highest BCUT2D eigenvalue weighted by Gasteiger charge is 2.34. The average Bonchev–Trinajstić information content (AvgIpc) is 3.06. The summed E-state index contributed by atoms with van der Waals surface area (Å²) in [6.45, 7) is 0.124. The van der Waals surface area contributed by atoms with Gasteiger partial charge in [0, 0.05) is 43.4 Å². The van der Waals surface area contributed by atoms with Crippen molar-refractivity contribution < 1.29 is 41.6 Å². The summed E-state index contributed by atoms with van der Waals surface area (Å²) in [5.41, 5.74) is 0.377. The number of hydroxylamine groups is 2. The molecule has 0 spiro atoms. The van der Waals surface area contributed by atoms with Crippen LogP contribution in [0.3, 0.4) is 0 Å². The van der Waals surface area contributed by atoms with Crippen LogP contribution < -0.4 is 15.1 Å². The first-order chi connectivity index (χ1) is 17.6. The van der Waals surface area contributed by atoms with E-state index in [0.29, 0.717) is 6.42 Å². The molecular weight excluding hydrogens is 506 g/mol. The zero-order chi connectivity index (χ0) is 26.7. The number of rotatable bonds is 7. The van der Waals surface area contributed by atoms with Gasteiger partial charge in [0.2, 0.25) is 5.70 Å². The van der Waals surface area contributed by atoms with Gasteiger partial charge in [0.25, 0.3) is 5.91 Å². The number of anilines is 2. The Morgan fingerprint density at radius 3 is 2.51 bits per heavy atom. The highest BCUT2D eigenvalue weighted by Crippen LogP contribution is 2.32. The molecule has 15 heteroatoms. The van der Waals surface area contributed by atoms with Crippen molar-refractivity contribution in [2.75, 3.05) is 49.1 Å². The van der Waals surface area contributed by atoms with Crippen molar-refractivity contribution in [3.05, 3.63) is 57.4 Å². The molecule has 1 N–H and O–H groups in total. The monoisotopic (exact) mass is 529 g/mol. The number of benzene rings is 1. The topological polar surface area (TPSA) is 117 Å². The Kier molecular flexibility index (Phi) is 7.80. The molecule has 2 aliphatic heterocycles. The molecule has 1 aromatic carbocycles. The number of amides is 2. The summed E-state index contributed by atoms with van der Waals surface area (Å²) >= 11 is 0. The number of nitrogens with zero attached hydrogens (tertiary/aromatic N) is 4. The van der Waals surface area contributed by atoms with Gasteiger partial charge in [0.1, 0.15) is 11.8 Å². The molecule has 2 heterocycles. The Hall–Kier alpha value is -3.88. The molecule has 0 saturated carbocycles. The molecule has 0 radical (unpaired) electrons. The molecule has 2 saturated heterocycles. The van der Waals surface area contributed by atoms with Gasteiger partial charge in [-0.1, -0.05) is 0 Å². The molecule has 4 rings (SSSR count). The van der Waals surface area contributed by atoms with Crippen molar-refractivity contribution in [1.29, 1.82) is 0 Å². The van der Waals surface area contributed by atoms with E-state index >= 15 is 8.78 Å². The van der Waals surface area contributed by atoms with E-state index in [-0.39, 0.29) is 62.8 Å². The highest BCUT2D eigenvalue weighted by molar-refractivity contribution is 5.90. The maximum absolute atomic E-state index is 15.1. The number of nitrogens with one attached hydrogen (secondary N) is 1. The summed E-state index contributed by atoms with van der Waals surface area (Å²) in [7, 11) is 0. The smallest absolute Gasteiger partial charge is 0.414 e. The predicted octanol–water partition coefficient (Wildman–Crippen LogP) is 2.56. The van der Waals surface area contributed by atoms with Crippen LogP contribution in [-0.2, 0) is 14.4 Å². The van der Waals surface area contributed by atoms with Crippen LogP contribution in [0.4, 0.5) is 33.7 Å². The van der Waals surface area contributed by atoms with E-state index < -0.39 is 41.1 Å². The van der Waals surface area contributed by atoms with Gasteiger partial charge in [-0.15, -0.1) is 0 Å². The summed E-state index contributed by atoms with van der Waals surface area (Å²) in [5.74, 6) is -3.38. The van der Waals surface area contributed by atoms with E-state index in [4.69, 9.17) is 9.57 Å². The van der Waals surface area contributed by atoms with E-state index in [1.165, 1.54) is 11.0 Å². The number of alkyl halides is 2. The lowest BCUT2D eigenvalue weighted by molar-refractivity contribution is -0.428. The van der Waals surface area contributed by atoms with Gasteiger partial charge in [0.05, 0.1) is 36.9 Å². The van der Waals surface area contributed by atoms with Crippen molar-refractivity contribution in [3.8, 4) is 0 Å². The van der Waals surface area contributed by atoms with Gasteiger partial charge in [-0.25, -0.2) is 13.6 Å². The molecule has 2 amide bonds. The molecule has 1 atom stereocenters. The van der Waals surface area contributed by atoms with Crippen LogP contribution in [0, 0.1) is 21.7 Å². The Balaban J connectivity index is 1.42. The first-order valence-corrected chi connectivity index (χ1v) is 11.4. The normalized spacial score (nSPS) is 20.4. The highest BCUT2D eigenvalue weighted by atomic mass is 19.3. The third-order valence-electron chi connectivity index (χ3n) is 6.05. The molecule has 3 aliphatic rings. The maximum atomic E-state index is 15.1. The molecule has 2 fully saturated rings. The van der Waals surface area contributed by atoms with Crippen LogP contribution in [0.15, 0.2) is 35.7 Å². The third kappa shape index (κ3) is 5.93. The molecule has 0 bridgehead atoms. The second-order valence-electron chi connectivity index (χ2n) is 8.42. The molecule has 1 unspecified atom stereocenters. The fourth-order valence-electron chi connectivity index (χ4n) is 4.21. The summed E-state index contributed by atoms with van der Waals surface area (Å²) in [6.07, 6.45) is -1.50. The molecule has 0 aromatic heterocycles. The molecule has 1 aliphatic carbocycles. The Bertz CT molecular complexity index is 1120. The van der Waals surface area contributed by atoms with Crippen molar-refractivity contribution in [2.24, 2.45) is 0 Å². The SMILES string of the molecule is O=C(NCC1CN(c2cc(F)c(N3CCON(C4=CC=C([N+](=O)[O-])CC4)CC3)c(F)c2)C(=O)O1)C(F)F. The summed E-state index contributed by atoms with van der Waals surface area (Å²) in [4.78, 5) is 41.7. The van der Waals surface area contributed by atoms with Crippen LogP contribution in [0.25, 0.3) is 0 Å². The minimum atomic E-state index is -3.22. The zero-order valence-corrected chi connectivity index (χ0v) is 19.4. The molecule has 11 nitrogen and oxygen atoms in total. The van der Waals surface area contributed by atoms with Gasteiger partial charge < -0.3 is 15.0 Å². The third-order valence-corrected chi connectivity index (χ3v) is 6.05. The fraction of sp³-hybridized carbons (Fsp3) is 0.455. The number of carbonyl (C=O) groups is 2. The Morgan fingerprint density at radius 2 is 1.89 bits per heavy atom. The Labute approximate surface area is 208 Å². The zero-order valence-electron chi connectivity index (χ0n) is 19.4. The summed E-state index contributed by atoms with van der Waals surface area (Å²) < 4.78 is 59.8. The van der Waals surface area contributed by atoms with E-state index in [1.807, 2.05) is 5.32 Å². The van der Waals surface area contributed by atoms with E-state index in [1.54, 1.807) is 11.1 Å². The number of cyclic esters (lactones) is 1.